The Hall–Kier alpha value is -1.16. The lowest BCUT2D eigenvalue weighted by Gasteiger charge is -2.26. The average molecular weight is 372 g/mol. The molecule has 2 aromatic carbocycles. The van der Waals surface area contributed by atoms with E-state index in [1.807, 2.05) is 12.1 Å². The first-order valence-electron chi connectivity index (χ1n) is 8.37. The second-order valence-corrected chi connectivity index (χ2v) is 8.06. The number of aliphatic hydroxyl groups is 1. The highest BCUT2D eigenvalue weighted by Gasteiger charge is 2.48. The molecule has 0 amide bonds. The van der Waals surface area contributed by atoms with Gasteiger partial charge in [0.25, 0.3) is 0 Å². The van der Waals surface area contributed by atoms with Gasteiger partial charge in [-0.25, -0.2) is 0 Å². The molecule has 1 aliphatic heterocycles. The van der Waals surface area contributed by atoms with Crippen molar-refractivity contribution in [3.8, 4) is 0 Å². The summed E-state index contributed by atoms with van der Waals surface area (Å²) in [6.45, 7) is 3.25. The van der Waals surface area contributed by atoms with Crippen molar-refractivity contribution in [1.29, 1.82) is 0 Å². The van der Waals surface area contributed by atoms with E-state index in [0.29, 0.717) is 11.8 Å². The first-order chi connectivity index (χ1) is 11.1. The fraction of sp³-hybridized carbons (Fsp3) is 0.400. The van der Waals surface area contributed by atoms with Crippen LogP contribution in [0.4, 0.5) is 0 Å². The van der Waals surface area contributed by atoms with Crippen molar-refractivity contribution in [1.82, 2.24) is 4.90 Å². The van der Waals surface area contributed by atoms with Crippen LogP contribution < -0.4 is 0 Å². The van der Waals surface area contributed by atoms with E-state index in [-0.39, 0.29) is 0 Å². The smallest absolute Gasteiger partial charge is 0.0903 e. The fourth-order valence-corrected chi connectivity index (χ4v) is 4.68. The summed E-state index contributed by atoms with van der Waals surface area (Å²) in [4.78, 5) is 2.55. The van der Waals surface area contributed by atoms with Gasteiger partial charge in [-0.3, -0.25) is 4.90 Å². The first-order valence-corrected chi connectivity index (χ1v) is 9.16. The van der Waals surface area contributed by atoms with Crippen molar-refractivity contribution in [2.24, 2.45) is 11.8 Å². The minimum Gasteiger partial charge on any atom is -0.385 e. The van der Waals surface area contributed by atoms with Crippen LogP contribution in [0.1, 0.15) is 24.0 Å². The van der Waals surface area contributed by atoms with Crippen molar-refractivity contribution in [2.45, 2.75) is 25.0 Å². The number of likely N-dealkylation sites (tertiary alicyclic amines) is 1. The number of hydrogen-bond donors (Lipinski definition) is 1. The van der Waals surface area contributed by atoms with Crippen molar-refractivity contribution in [3.05, 3.63) is 70.2 Å². The summed E-state index contributed by atoms with van der Waals surface area (Å²) in [5.41, 5.74) is 1.83. The van der Waals surface area contributed by atoms with Crippen LogP contribution in [0.2, 0.25) is 0 Å². The normalized spacial score (nSPS) is 30.5. The van der Waals surface area contributed by atoms with Gasteiger partial charge in [0.15, 0.2) is 0 Å². The first kappa shape index (κ1) is 15.4. The van der Waals surface area contributed by atoms with Crippen LogP contribution in [-0.4, -0.2) is 23.1 Å². The number of nitrogens with zero attached hydrogens (tertiary/aromatic N) is 1. The molecule has 3 heteroatoms. The Kier molecular flexibility index (Phi) is 4.04. The molecule has 23 heavy (non-hydrogen) atoms. The Balaban J connectivity index is 1.42. The molecule has 1 heterocycles. The fourth-order valence-electron chi connectivity index (χ4n) is 4.42. The minimum atomic E-state index is -0.630. The lowest BCUT2D eigenvalue weighted by Crippen LogP contribution is -2.28. The molecule has 1 aliphatic carbocycles. The monoisotopic (exact) mass is 371 g/mol. The van der Waals surface area contributed by atoms with Crippen LogP contribution in [0, 0.1) is 11.8 Å². The third kappa shape index (κ3) is 3.10. The number of rotatable bonds is 3. The topological polar surface area (TPSA) is 23.5 Å². The van der Waals surface area contributed by atoms with Gasteiger partial charge in [0.1, 0.15) is 0 Å². The van der Waals surface area contributed by atoms with Gasteiger partial charge < -0.3 is 5.11 Å². The van der Waals surface area contributed by atoms with E-state index in [2.05, 4.69) is 63.3 Å². The van der Waals surface area contributed by atoms with Gasteiger partial charge in [0, 0.05) is 24.1 Å². The molecule has 0 radical (unpaired) electrons. The maximum Gasteiger partial charge on any atom is 0.0903 e. The molecule has 120 valence electrons. The van der Waals surface area contributed by atoms with E-state index in [4.69, 9.17) is 0 Å². The van der Waals surface area contributed by atoms with Crippen LogP contribution in [0.15, 0.2) is 59.1 Å². The molecular formula is C20H22BrNO. The Morgan fingerprint density at radius 3 is 2.17 bits per heavy atom. The molecule has 2 aromatic rings. The van der Waals surface area contributed by atoms with Crippen LogP contribution in [0.3, 0.4) is 0 Å². The Morgan fingerprint density at radius 1 is 0.957 bits per heavy atom. The molecule has 2 aliphatic rings. The second kappa shape index (κ2) is 6.04. The standard InChI is InChI=1S/C20H22BrNO/c21-19-8-6-18(7-9-19)20(23)10-16-13-22(14-17(16)11-20)12-15-4-2-1-3-5-15/h1-9,16-17,23H,10-14H2. The zero-order valence-corrected chi connectivity index (χ0v) is 14.7. The lowest BCUT2D eigenvalue weighted by atomic mass is 9.90. The van der Waals surface area contributed by atoms with Crippen molar-refractivity contribution < 1.29 is 5.11 Å². The minimum absolute atomic E-state index is 0.618. The highest BCUT2D eigenvalue weighted by molar-refractivity contribution is 9.10. The van der Waals surface area contributed by atoms with Crippen LogP contribution >= 0.6 is 15.9 Å². The van der Waals surface area contributed by atoms with Gasteiger partial charge >= 0.3 is 0 Å². The second-order valence-electron chi connectivity index (χ2n) is 7.15. The van der Waals surface area contributed by atoms with Crippen molar-refractivity contribution in [3.63, 3.8) is 0 Å². The van der Waals surface area contributed by atoms with Crippen molar-refractivity contribution in [2.75, 3.05) is 13.1 Å². The summed E-state index contributed by atoms with van der Waals surface area (Å²) in [5, 5.41) is 11.1. The Labute approximate surface area is 146 Å². The molecular weight excluding hydrogens is 350 g/mol. The third-order valence-corrected chi connectivity index (χ3v) is 6.01. The summed E-state index contributed by atoms with van der Waals surface area (Å²) in [7, 11) is 0. The molecule has 2 nitrogen and oxygen atoms in total. The SMILES string of the molecule is OC1(c2ccc(Br)cc2)CC2CN(Cc3ccccc3)CC2C1. The van der Waals surface area contributed by atoms with Gasteiger partial charge in [0.2, 0.25) is 0 Å². The molecule has 1 saturated carbocycles. The predicted molar refractivity (Wildman–Crippen MR) is 96.0 cm³/mol. The molecule has 4 rings (SSSR count). The molecule has 2 unspecified atom stereocenters. The molecule has 0 bridgehead atoms. The zero-order valence-electron chi connectivity index (χ0n) is 13.2. The number of halogens is 1. The Morgan fingerprint density at radius 2 is 1.57 bits per heavy atom. The van der Waals surface area contributed by atoms with Crippen LogP contribution in [0.25, 0.3) is 0 Å². The largest absolute Gasteiger partial charge is 0.385 e. The molecule has 2 atom stereocenters. The highest BCUT2D eigenvalue weighted by atomic mass is 79.9. The van der Waals surface area contributed by atoms with E-state index in [0.717, 1.165) is 42.5 Å². The maximum absolute atomic E-state index is 11.1. The van der Waals surface area contributed by atoms with Gasteiger partial charge in [-0.1, -0.05) is 58.4 Å². The third-order valence-electron chi connectivity index (χ3n) is 5.48. The van der Waals surface area contributed by atoms with Crippen LogP contribution in [0.5, 0.6) is 0 Å². The summed E-state index contributed by atoms with van der Waals surface area (Å²) < 4.78 is 1.07. The molecule has 0 aromatic heterocycles. The van der Waals surface area contributed by atoms with Crippen molar-refractivity contribution >= 4 is 15.9 Å². The zero-order chi connectivity index (χ0) is 15.9. The number of hydrogen-bond acceptors (Lipinski definition) is 2. The van der Waals surface area contributed by atoms with Gasteiger partial charge in [-0.05, 0) is 47.9 Å². The summed E-state index contributed by atoms with van der Waals surface area (Å²) in [5.74, 6) is 1.24. The predicted octanol–water partition coefficient (Wildman–Crippen LogP) is 4.18. The molecule has 1 saturated heterocycles. The summed E-state index contributed by atoms with van der Waals surface area (Å²) in [6.07, 6.45) is 1.79. The van der Waals surface area contributed by atoms with E-state index in [1.54, 1.807) is 0 Å². The number of benzene rings is 2. The van der Waals surface area contributed by atoms with Gasteiger partial charge in [0.05, 0.1) is 5.60 Å². The summed E-state index contributed by atoms with van der Waals surface area (Å²) >= 11 is 3.47. The Bertz CT molecular complexity index is 656. The van der Waals surface area contributed by atoms with E-state index in [9.17, 15) is 5.11 Å². The van der Waals surface area contributed by atoms with E-state index < -0.39 is 5.60 Å². The maximum atomic E-state index is 11.1. The molecule has 2 fully saturated rings. The molecule has 0 spiro atoms. The lowest BCUT2D eigenvalue weighted by molar-refractivity contribution is 0.0311. The van der Waals surface area contributed by atoms with Crippen LogP contribution in [-0.2, 0) is 12.1 Å². The van der Waals surface area contributed by atoms with Gasteiger partial charge in [-0.15, -0.1) is 0 Å². The quantitative estimate of drug-likeness (QED) is 0.874. The number of fused-ring (bicyclic) bond motifs is 1. The van der Waals surface area contributed by atoms with E-state index >= 15 is 0 Å². The average Bonchev–Trinajstić information content (AvgIpc) is 3.03. The van der Waals surface area contributed by atoms with E-state index in [1.165, 1.54) is 5.56 Å². The molecule has 1 N–H and O–H groups in total. The summed E-state index contributed by atoms with van der Waals surface area (Å²) in [6, 6.07) is 18.9. The highest BCUT2D eigenvalue weighted by Crippen LogP contribution is 2.49. The van der Waals surface area contributed by atoms with Gasteiger partial charge in [-0.2, -0.15) is 0 Å².